The number of piperidine rings is 1. The Hall–Kier alpha value is -3.47. The molecule has 3 aromatic rings. The number of alkyl halides is 2. The summed E-state index contributed by atoms with van der Waals surface area (Å²) in [5, 5.41) is 6.66. The van der Waals surface area contributed by atoms with Crippen LogP contribution in [0.5, 0.6) is 5.75 Å². The lowest BCUT2D eigenvalue weighted by atomic mass is 10.1. The summed E-state index contributed by atoms with van der Waals surface area (Å²) in [5.41, 5.74) is 1.12. The second-order valence-electron chi connectivity index (χ2n) is 9.44. The third kappa shape index (κ3) is 5.76. The molecule has 37 heavy (non-hydrogen) atoms. The fourth-order valence-electron chi connectivity index (χ4n) is 4.27. The lowest BCUT2D eigenvalue weighted by Crippen LogP contribution is -2.40. The summed E-state index contributed by atoms with van der Waals surface area (Å²) in [6, 6.07) is 7.11. The van der Waals surface area contributed by atoms with Crippen LogP contribution in [-0.2, 0) is 11.3 Å². The number of anilines is 3. The smallest absolute Gasteiger partial charge is 0.293 e. The molecule has 2 N–H and O–H groups in total. The second kappa shape index (κ2) is 10.1. The summed E-state index contributed by atoms with van der Waals surface area (Å²) in [4.78, 5) is 35.2. The number of carbonyl (C=O) groups is 1. The maximum Gasteiger partial charge on any atom is 0.293 e. The second-order valence-corrected chi connectivity index (χ2v) is 9.84. The van der Waals surface area contributed by atoms with Gasteiger partial charge in [-0.1, -0.05) is 11.6 Å². The van der Waals surface area contributed by atoms with E-state index in [1.165, 1.54) is 13.2 Å². The van der Waals surface area contributed by atoms with Crippen LogP contribution >= 0.6 is 11.6 Å². The van der Waals surface area contributed by atoms with Gasteiger partial charge >= 0.3 is 0 Å². The summed E-state index contributed by atoms with van der Waals surface area (Å²) in [6.45, 7) is 0.623. The first-order valence-electron chi connectivity index (χ1n) is 12.2. The largest absolute Gasteiger partial charge is 0.478 e. The number of likely N-dealkylation sites (N-methyl/N-ethyl adjacent to an activating group) is 1. The molecule has 1 aliphatic carbocycles. The fourth-order valence-corrected chi connectivity index (χ4v) is 4.40. The van der Waals surface area contributed by atoms with Crippen molar-refractivity contribution >= 4 is 45.9 Å². The van der Waals surface area contributed by atoms with Gasteiger partial charge in [0.1, 0.15) is 5.02 Å². The van der Waals surface area contributed by atoms with Crippen LogP contribution in [0.3, 0.4) is 0 Å². The molecule has 196 valence electrons. The number of nitrogens with one attached hydrogen (secondary N) is 2. The van der Waals surface area contributed by atoms with Crippen molar-refractivity contribution in [3.05, 3.63) is 45.8 Å². The molecule has 1 amide bonds. The van der Waals surface area contributed by atoms with Gasteiger partial charge in [0, 0.05) is 50.6 Å². The standard InChI is InChI=1S/C25H27ClF2N6O3/c1-29-21(35)14-37-20-11-16-10-17(4-5-19(16)34(23(20)36)13-15-2-3-15)31-22-18(26)12-30-24(32-22)33-8-6-25(27,28)7-9-33/h4-5,10-12,15H,2-3,6-9,13-14H2,1H3,(H,29,35)(H,30,31,32). The first kappa shape index (κ1) is 25.2. The highest BCUT2D eigenvalue weighted by atomic mass is 35.5. The zero-order valence-corrected chi connectivity index (χ0v) is 21.0. The molecule has 1 aromatic carbocycles. The minimum atomic E-state index is -2.67. The molecule has 2 fully saturated rings. The van der Waals surface area contributed by atoms with Gasteiger partial charge in [-0.3, -0.25) is 9.59 Å². The summed E-state index contributed by atoms with van der Waals surface area (Å²) >= 11 is 6.34. The van der Waals surface area contributed by atoms with Crippen LogP contribution in [-0.4, -0.2) is 53.1 Å². The number of halogens is 3. The van der Waals surface area contributed by atoms with Crippen molar-refractivity contribution in [1.82, 2.24) is 19.9 Å². The number of rotatable bonds is 8. The van der Waals surface area contributed by atoms with Gasteiger partial charge in [-0.2, -0.15) is 4.98 Å². The lowest BCUT2D eigenvalue weighted by molar-refractivity contribution is -0.122. The van der Waals surface area contributed by atoms with Gasteiger partial charge in [-0.25, -0.2) is 13.8 Å². The molecular weight excluding hydrogens is 506 g/mol. The van der Waals surface area contributed by atoms with Gasteiger partial charge in [0.25, 0.3) is 17.4 Å². The lowest BCUT2D eigenvalue weighted by Gasteiger charge is -2.31. The summed E-state index contributed by atoms with van der Waals surface area (Å²) < 4.78 is 34.4. The quantitative estimate of drug-likeness (QED) is 0.453. The maximum absolute atomic E-state index is 13.6. The fraction of sp³-hybridized carbons (Fsp3) is 0.440. The predicted octanol–water partition coefficient (Wildman–Crippen LogP) is 3.96. The summed E-state index contributed by atoms with van der Waals surface area (Å²) in [5.74, 6) is -1.80. The molecule has 0 bridgehead atoms. The first-order chi connectivity index (χ1) is 17.7. The first-order valence-corrected chi connectivity index (χ1v) is 12.5. The van der Waals surface area contributed by atoms with Crippen LogP contribution in [0.15, 0.2) is 35.3 Å². The van der Waals surface area contributed by atoms with Crippen LogP contribution in [0.25, 0.3) is 10.9 Å². The normalized spacial score (nSPS) is 17.0. The van der Waals surface area contributed by atoms with Crippen LogP contribution in [0.2, 0.25) is 5.02 Å². The molecule has 0 unspecified atom stereocenters. The molecule has 0 spiro atoms. The Morgan fingerprint density at radius 1 is 1.24 bits per heavy atom. The van der Waals surface area contributed by atoms with Crippen molar-refractivity contribution in [2.75, 3.05) is 37.0 Å². The predicted molar refractivity (Wildman–Crippen MR) is 137 cm³/mol. The number of ether oxygens (including phenoxy) is 1. The Kier molecular flexibility index (Phi) is 6.89. The number of fused-ring (bicyclic) bond motifs is 1. The average molecular weight is 533 g/mol. The molecule has 2 aromatic heterocycles. The molecule has 3 heterocycles. The van der Waals surface area contributed by atoms with E-state index in [0.29, 0.717) is 29.9 Å². The summed E-state index contributed by atoms with van der Waals surface area (Å²) in [7, 11) is 1.50. The van der Waals surface area contributed by atoms with E-state index >= 15 is 0 Å². The molecule has 5 rings (SSSR count). The molecule has 2 aliphatic rings. The topological polar surface area (TPSA) is 101 Å². The van der Waals surface area contributed by atoms with Crippen LogP contribution in [0.4, 0.5) is 26.2 Å². The van der Waals surface area contributed by atoms with Crippen molar-refractivity contribution in [3.8, 4) is 5.75 Å². The van der Waals surface area contributed by atoms with Crippen LogP contribution < -0.4 is 25.8 Å². The Morgan fingerprint density at radius 3 is 2.70 bits per heavy atom. The summed E-state index contributed by atoms with van der Waals surface area (Å²) in [6.07, 6.45) is 3.08. The Morgan fingerprint density at radius 2 is 2.00 bits per heavy atom. The third-order valence-corrected chi connectivity index (χ3v) is 6.88. The van der Waals surface area contributed by atoms with Crippen molar-refractivity contribution in [2.24, 2.45) is 5.92 Å². The Labute approximate surface area is 216 Å². The van der Waals surface area contributed by atoms with E-state index in [2.05, 4.69) is 20.6 Å². The van der Waals surface area contributed by atoms with Crippen molar-refractivity contribution < 1.29 is 18.3 Å². The van der Waals surface area contributed by atoms with Gasteiger partial charge in [0.15, 0.2) is 18.2 Å². The molecule has 12 heteroatoms. The molecule has 1 aliphatic heterocycles. The molecular formula is C25H27ClF2N6O3. The van der Waals surface area contributed by atoms with E-state index in [0.717, 1.165) is 23.7 Å². The highest BCUT2D eigenvalue weighted by Gasteiger charge is 2.35. The van der Waals surface area contributed by atoms with E-state index in [1.54, 1.807) is 15.5 Å². The number of carbonyl (C=O) groups excluding carboxylic acids is 1. The number of benzene rings is 1. The zero-order chi connectivity index (χ0) is 26.2. The van der Waals surface area contributed by atoms with Crippen LogP contribution in [0.1, 0.15) is 25.7 Å². The number of amides is 1. The maximum atomic E-state index is 13.6. The third-order valence-electron chi connectivity index (χ3n) is 6.61. The van der Waals surface area contributed by atoms with Crippen LogP contribution in [0, 0.1) is 5.92 Å². The molecule has 9 nitrogen and oxygen atoms in total. The highest BCUT2D eigenvalue weighted by Crippen LogP contribution is 2.33. The highest BCUT2D eigenvalue weighted by molar-refractivity contribution is 6.32. The monoisotopic (exact) mass is 532 g/mol. The molecule has 0 radical (unpaired) electrons. The van der Waals surface area contributed by atoms with Crippen molar-refractivity contribution in [3.63, 3.8) is 0 Å². The minimum Gasteiger partial charge on any atom is -0.478 e. The van der Waals surface area contributed by atoms with Gasteiger partial charge in [0.2, 0.25) is 5.95 Å². The van der Waals surface area contributed by atoms with E-state index in [1.807, 2.05) is 18.2 Å². The average Bonchev–Trinajstić information content (AvgIpc) is 3.70. The van der Waals surface area contributed by atoms with Gasteiger partial charge in [0.05, 0.1) is 11.7 Å². The molecule has 0 atom stereocenters. The number of pyridine rings is 1. The number of hydrogen-bond acceptors (Lipinski definition) is 7. The number of hydrogen-bond donors (Lipinski definition) is 2. The van der Waals surface area contributed by atoms with Gasteiger partial charge in [-0.15, -0.1) is 0 Å². The van der Waals surface area contributed by atoms with E-state index in [-0.39, 0.29) is 54.8 Å². The van der Waals surface area contributed by atoms with E-state index in [9.17, 15) is 18.4 Å². The Bertz CT molecular complexity index is 1380. The van der Waals surface area contributed by atoms with Crippen molar-refractivity contribution in [1.29, 1.82) is 0 Å². The number of nitrogens with zero attached hydrogens (tertiary/aromatic N) is 4. The molecule has 1 saturated carbocycles. The van der Waals surface area contributed by atoms with E-state index < -0.39 is 5.92 Å². The SMILES string of the molecule is CNC(=O)COc1cc2cc(Nc3nc(N4CCC(F)(F)CC4)ncc3Cl)ccc2n(CC2CC2)c1=O. The van der Waals surface area contributed by atoms with E-state index in [4.69, 9.17) is 16.3 Å². The Balaban J connectivity index is 1.44. The minimum absolute atomic E-state index is 0.0955. The number of aromatic nitrogens is 3. The zero-order valence-electron chi connectivity index (χ0n) is 20.3. The van der Waals surface area contributed by atoms with Gasteiger partial charge < -0.3 is 24.8 Å². The van der Waals surface area contributed by atoms with Crippen molar-refractivity contribution in [2.45, 2.75) is 38.2 Å². The molecule has 1 saturated heterocycles. The van der Waals surface area contributed by atoms with Gasteiger partial charge in [-0.05, 0) is 43.0 Å².